The van der Waals surface area contributed by atoms with Crippen molar-refractivity contribution < 1.29 is 28.1 Å². The minimum absolute atomic E-state index is 0.0615. The summed E-state index contributed by atoms with van der Waals surface area (Å²) in [5.74, 6) is -0.353. The Balaban J connectivity index is 2.08. The summed E-state index contributed by atoms with van der Waals surface area (Å²) in [6.45, 7) is 3.03. The highest BCUT2D eigenvalue weighted by Gasteiger charge is 2.88. The van der Waals surface area contributed by atoms with Gasteiger partial charge >= 0.3 is 5.97 Å². The molecule has 1 fully saturated rings. The Morgan fingerprint density at radius 3 is 2.52 bits per heavy atom. The molecule has 0 bridgehead atoms. The number of alkyl halides is 1. The van der Waals surface area contributed by atoms with E-state index in [9.17, 15) is 9.32 Å². The number of allylic oxidation sites excluding steroid dienone is 1. The molecule has 25 heavy (non-hydrogen) atoms. The molecule has 2 aliphatic rings. The average molecular weight is 458 g/mol. The quantitative estimate of drug-likeness (QED) is 0.623. The van der Waals surface area contributed by atoms with Crippen LogP contribution >= 0.6 is 39.1 Å². The van der Waals surface area contributed by atoms with Gasteiger partial charge in [0.15, 0.2) is 17.2 Å². The van der Waals surface area contributed by atoms with Crippen LogP contribution < -0.4 is 9.47 Å². The van der Waals surface area contributed by atoms with Crippen LogP contribution in [-0.2, 0) is 16.2 Å². The van der Waals surface area contributed by atoms with Crippen molar-refractivity contribution in [2.24, 2.45) is 10.8 Å². The molecule has 0 spiro atoms. The van der Waals surface area contributed by atoms with Crippen LogP contribution in [0.2, 0.25) is 0 Å². The van der Waals surface area contributed by atoms with Crippen LogP contribution in [-0.4, -0.2) is 18.4 Å². The fourth-order valence-corrected chi connectivity index (χ4v) is 4.43. The first-order chi connectivity index (χ1) is 11.6. The molecule has 4 nitrogen and oxygen atoms in total. The average Bonchev–Trinajstić information content (AvgIpc) is 2.85. The molecule has 0 radical (unpaired) electrons. The summed E-state index contributed by atoms with van der Waals surface area (Å²) in [6.07, 6.45) is 0.752. The molecule has 0 aromatic heterocycles. The first kappa shape index (κ1) is 18.7. The minimum atomic E-state index is -2.28. The molecule has 2 unspecified atom stereocenters. The maximum atomic E-state index is 15.6. The topological polar surface area (TPSA) is 44.8 Å². The lowest BCUT2D eigenvalue weighted by Crippen LogP contribution is -2.28. The lowest BCUT2D eigenvalue weighted by molar-refractivity contribution is -0.193. The van der Waals surface area contributed by atoms with Crippen molar-refractivity contribution >= 4 is 45.1 Å². The summed E-state index contributed by atoms with van der Waals surface area (Å²) in [6, 6.07) is 3.26. The molecule has 3 rings (SSSR count). The Morgan fingerprint density at radius 2 is 1.96 bits per heavy atom. The third kappa shape index (κ3) is 2.46. The number of rotatable bonds is 4. The molecule has 0 N–H and O–H groups in total. The summed E-state index contributed by atoms with van der Waals surface area (Å²) >= 11 is 14.6. The highest BCUT2D eigenvalue weighted by molar-refractivity contribution is 9.10. The van der Waals surface area contributed by atoms with E-state index in [1.165, 1.54) is 13.8 Å². The van der Waals surface area contributed by atoms with Crippen molar-refractivity contribution in [1.29, 1.82) is 0 Å². The van der Waals surface area contributed by atoms with Gasteiger partial charge in [-0.05, 0) is 30.2 Å². The van der Waals surface area contributed by atoms with E-state index in [0.717, 1.165) is 6.08 Å². The van der Waals surface area contributed by atoms with Gasteiger partial charge in [-0.2, -0.15) is 0 Å². The van der Waals surface area contributed by atoms with Crippen LogP contribution in [0, 0.1) is 10.8 Å². The molecule has 136 valence electrons. The van der Waals surface area contributed by atoms with E-state index < -0.39 is 22.5 Å². The van der Waals surface area contributed by atoms with Crippen LogP contribution in [0.1, 0.15) is 19.4 Å². The Bertz CT molecular complexity index is 782. The third-order valence-corrected chi connectivity index (χ3v) is 6.22. The highest BCUT2D eigenvalue weighted by atomic mass is 79.9. The predicted octanol–water partition coefficient (Wildman–Crippen LogP) is 5.20. The van der Waals surface area contributed by atoms with Gasteiger partial charge in [0.05, 0.1) is 0 Å². The Kier molecular flexibility index (Phi) is 4.49. The van der Waals surface area contributed by atoms with Crippen LogP contribution in [0.4, 0.5) is 8.92 Å². The van der Waals surface area contributed by atoms with E-state index in [4.69, 9.17) is 32.7 Å². The predicted molar refractivity (Wildman–Crippen MR) is 91.0 cm³/mol. The van der Waals surface area contributed by atoms with Crippen molar-refractivity contribution in [2.45, 2.75) is 25.9 Å². The third-order valence-electron chi connectivity index (χ3n) is 5.26. The molecular weight excluding hydrogens is 445 g/mol. The number of carbonyl (C=O) groups excluding carboxylic acids is 1. The number of ether oxygens (including phenoxy) is 2. The molecule has 1 aliphatic carbocycles. The second-order valence-corrected chi connectivity index (χ2v) is 8.38. The van der Waals surface area contributed by atoms with Crippen LogP contribution in [0.15, 0.2) is 27.2 Å². The first-order valence-electron chi connectivity index (χ1n) is 7.24. The van der Waals surface area contributed by atoms with Gasteiger partial charge in [-0.3, -0.25) is 4.94 Å². The van der Waals surface area contributed by atoms with Gasteiger partial charge in [-0.25, -0.2) is 9.18 Å². The van der Waals surface area contributed by atoms with Gasteiger partial charge in [0.2, 0.25) is 6.79 Å². The SMILES string of the molecule is CC1(C)C(F)(C=C(Cl)Cl)C1(Cc1cc2c(cc1Br)OCO2)C(=O)OF. The van der Waals surface area contributed by atoms with Gasteiger partial charge in [-0.1, -0.05) is 53.0 Å². The fourth-order valence-electron chi connectivity index (χ4n) is 3.67. The zero-order valence-corrected chi connectivity index (χ0v) is 16.3. The molecule has 0 amide bonds. The van der Waals surface area contributed by atoms with Crippen LogP contribution in [0.5, 0.6) is 11.5 Å². The maximum absolute atomic E-state index is 15.6. The zero-order valence-electron chi connectivity index (χ0n) is 13.2. The molecular formula is C16H13BrCl2F2O4. The van der Waals surface area contributed by atoms with Crippen molar-refractivity contribution in [3.63, 3.8) is 0 Å². The standard InChI is InChI=1S/C16H13BrCl2F2O4/c1-14(2)15(13(22)25-21,16(14,20)6-12(18)19)5-8-3-10-11(4-9(8)17)24-7-23-10/h3-4,6H,5,7H2,1-2H3. The van der Waals surface area contributed by atoms with Gasteiger partial charge < -0.3 is 9.47 Å². The summed E-state index contributed by atoms with van der Waals surface area (Å²) in [7, 11) is 0. The molecule has 0 saturated heterocycles. The van der Waals surface area contributed by atoms with Crippen LogP contribution in [0.25, 0.3) is 0 Å². The summed E-state index contributed by atoms with van der Waals surface area (Å²) < 4.78 is 39.2. The molecule has 9 heteroatoms. The largest absolute Gasteiger partial charge is 0.454 e. The second kappa shape index (κ2) is 5.99. The van der Waals surface area contributed by atoms with E-state index in [1.54, 1.807) is 12.1 Å². The van der Waals surface area contributed by atoms with Gasteiger partial charge in [-0.15, -0.1) is 0 Å². The minimum Gasteiger partial charge on any atom is -0.454 e. The van der Waals surface area contributed by atoms with E-state index >= 15 is 4.39 Å². The Labute approximate surface area is 161 Å². The lowest BCUT2D eigenvalue weighted by Gasteiger charge is -2.17. The monoisotopic (exact) mass is 456 g/mol. The van der Waals surface area contributed by atoms with Crippen molar-refractivity contribution in [2.75, 3.05) is 6.79 Å². The number of benzene rings is 1. The molecule has 1 saturated carbocycles. The summed E-state index contributed by atoms with van der Waals surface area (Å²) in [5, 5.41) is 0. The lowest BCUT2D eigenvalue weighted by atomic mass is 9.88. The molecule has 1 aliphatic heterocycles. The van der Waals surface area contributed by atoms with Gasteiger partial charge in [0, 0.05) is 14.4 Å². The number of fused-ring (bicyclic) bond motifs is 1. The smallest absolute Gasteiger partial charge is 0.359 e. The van der Waals surface area contributed by atoms with E-state index in [2.05, 4.69) is 20.9 Å². The van der Waals surface area contributed by atoms with Crippen LogP contribution in [0.3, 0.4) is 0 Å². The zero-order chi connectivity index (χ0) is 18.6. The highest BCUT2D eigenvalue weighted by Crippen LogP contribution is 2.77. The fraction of sp³-hybridized carbons (Fsp3) is 0.438. The normalized spacial score (nSPS) is 28.4. The number of hydrogen-bond donors (Lipinski definition) is 0. The summed E-state index contributed by atoms with van der Waals surface area (Å²) in [5.41, 5.74) is -4.88. The molecule has 2 atom stereocenters. The van der Waals surface area contributed by atoms with Crippen molar-refractivity contribution in [3.8, 4) is 11.5 Å². The second-order valence-electron chi connectivity index (χ2n) is 6.51. The Hall–Kier alpha value is -1.05. The van der Waals surface area contributed by atoms with Crippen molar-refractivity contribution in [1.82, 2.24) is 0 Å². The van der Waals surface area contributed by atoms with E-state index in [0.29, 0.717) is 21.5 Å². The first-order valence-corrected chi connectivity index (χ1v) is 8.79. The number of carbonyl (C=O) groups is 1. The maximum Gasteiger partial charge on any atom is 0.359 e. The Morgan fingerprint density at radius 1 is 1.36 bits per heavy atom. The van der Waals surface area contributed by atoms with E-state index in [1.807, 2.05) is 0 Å². The van der Waals surface area contributed by atoms with Gasteiger partial charge in [0.25, 0.3) is 0 Å². The van der Waals surface area contributed by atoms with Crippen molar-refractivity contribution in [3.05, 3.63) is 32.7 Å². The number of hydrogen-bond acceptors (Lipinski definition) is 4. The van der Waals surface area contributed by atoms with E-state index in [-0.39, 0.29) is 17.7 Å². The summed E-state index contributed by atoms with van der Waals surface area (Å²) in [4.78, 5) is 15.7. The molecule has 1 aromatic rings. The molecule has 1 aromatic carbocycles. The number of halogens is 5. The van der Waals surface area contributed by atoms with Gasteiger partial charge in [0.1, 0.15) is 9.91 Å². The molecule has 1 heterocycles.